The predicted molar refractivity (Wildman–Crippen MR) is 72.4 cm³/mol. The number of carbonyl (C=O) groups is 2. The zero-order valence-electron chi connectivity index (χ0n) is 10.9. The van der Waals surface area contributed by atoms with Crippen LogP contribution >= 0.6 is 11.3 Å². The third-order valence-corrected chi connectivity index (χ3v) is 5.48. The van der Waals surface area contributed by atoms with Crippen LogP contribution in [0.2, 0.25) is 0 Å². The van der Waals surface area contributed by atoms with Crippen molar-refractivity contribution in [2.45, 2.75) is 26.2 Å². The lowest BCUT2D eigenvalue weighted by Gasteiger charge is -2.32. The van der Waals surface area contributed by atoms with Crippen LogP contribution in [0.1, 0.15) is 35.2 Å². The second kappa shape index (κ2) is 4.34. The van der Waals surface area contributed by atoms with Gasteiger partial charge >= 0.3 is 5.97 Å². The van der Waals surface area contributed by atoms with Crippen LogP contribution in [0.15, 0.2) is 10.8 Å². The molecule has 0 bridgehead atoms. The zero-order valence-corrected chi connectivity index (χ0v) is 11.7. The molecule has 1 N–H and O–H groups in total. The smallest absolute Gasteiger partial charge is 0.307 e. The molecule has 1 amide bonds. The summed E-state index contributed by atoms with van der Waals surface area (Å²) in [5, 5.41) is 12.9. The minimum absolute atomic E-state index is 0.00763. The fourth-order valence-electron chi connectivity index (χ4n) is 3.15. The monoisotopic (exact) mass is 279 g/mol. The third-order valence-electron chi connectivity index (χ3n) is 4.62. The van der Waals surface area contributed by atoms with Gasteiger partial charge in [-0.15, -0.1) is 0 Å². The highest BCUT2D eigenvalue weighted by Crippen LogP contribution is 2.59. The minimum atomic E-state index is -0.673. The number of nitrogens with zero attached hydrogens (tertiary/aromatic N) is 1. The number of rotatable bonds is 2. The van der Waals surface area contributed by atoms with Gasteiger partial charge in [-0.3, -0.25) is 9.59 Å². The highest BCUT2D eigenvalue weighted by Gasteiger charge is 2.59. The number of aliphatic carboxylic acids is 1. The molecule has 1 atom stereocenters. The van der Waals surface area contributed by atoms with Gasteiger partial charge in [-0.1, -0.05) is 0 Å². The van der Waals surface area contributed by atoms with Crippen molar-refractivity contribution in [3.8, 4) is 0 Å². The van der Waals surface area contributed by atoms with Gasteiger partial charge in [0.1, 0.15) is 0 Å². The maximum Gasteiger partial charge on any atom is 0.307 e. The molecule has 1 aliphatic heterocycles. The number of carbonyl (C=O) groups excluding carboxylic acids is 1. The Hall–Kier alpha value is -1.36. The lowest BCUT2D eigenvalue weighted by atomic mass is 9.90. The van der Waals surface area contributed by atoms with Gasteiger partial charge in [-0.05, 0) is 42.5 Å². The quantitative estimate of drug-likeness (QED) is 0.904. The highest BCUT2D eigenvalue weighted by atomic mass is 32.1. The second-order valence-corrected chi connectivity index (χ2v) is 6.46. The Labute approximate surface area is 116 Å². The number of likely N-dealkylation sites (tertiary alicyclic amines) is 1. The van der Waals surface area contributed by atoms with Crippen molar-refractivity contribution in [3.63, 3.8) is 0 Å². The summed E-state index contributed by atoms with van der Waals surface area (Å²) in [4.78, 5) is 25.2. The molecular formula is C14H17NO3S. The minimum Gasteiger partial charge on any atom is -0.481 e. The second-order valence-electron chi connectivity index (χ2n) is 5.72. The molecule has 1 saturated carbocycles. The lowest BCUT2D eigenvalue weighted by molar-refractivity contribution is -0.139. The Balaban J connectivity index is 1.64. The summed E-state index contributed by atoms with van der Waals surface area (Å²) in [6, 6.07) is 0. The van der Waals surface area contributed by atoms with E-state index in [0.29, 0.717) is 13.1 Å². The molecule has 2 heterocycles. The largest absolute Gasteiger partial charge is 0.481 e. The standard InChI is InChI=1S/C14H17NO3S/c1-9-7-19-8-10(9)12(16)15-4-2-14(3-5-15)6-11(14)13(17)18/h7-8,11H,2-6H2,1H3,(H,17,18)/t11-/m1/s1. The van der Waals surface area contributed by atoms with E-state index in [1.54, 1.807) is 11.3 Å². The summed E-state index contributed by atoms with van der Waals surface area (Å²) in [5.74, 6) is -0.748. The average Bonchev–Trinajstić information content (AvgIpc) is 2.92. The first kappa shape index (κ1) is 12.7. The molecule has 1 aromatic heterocycles. The van der Waals surface area contributed by atoms with Crippen molar-refractivity contribution in [3.05, 3.63) is 21.9 Å². The maximum absolute atomic E-state index is 12.3. The molecule has 4 nitrogen and oxygen atoms in total. The van der Waals surface area contributed by atoms with Crippen LogP contribution in [0.25, 0.3) is 0 Å². The van der Waals surface area contributed by atoms with E-state index in [9.17, 15) is 9.59 Å². The van der Waals surface area contributed by atoms with E-state index in [2.05, 4.69) is 0 Å². The topological polar surface area (TPSA) is 57.6 Å². The Kier molecular flexibility index (Phi) is 2.89. The number of amides is 1. The van der Waals surface area contributed by atoms with Gasteiger partial charge in [0.25, 0.3) is 5.91 Å². The van der Waals surface area contributed by atoms with E-state index in [1.165, 1.54) is 0 Å². The fraction of sp³-hybridized carbons (Fsp3) is 0.571. The molecule has 2 fully saturated rings. The van der Waals surface area contributed by atoms with Crippen molar-refractivity contribution in [2.75, 3.05) is 13.1 Å². The third kappa shape index (κ3) is 2.06. The Morgan fingerprint density at radius 3 is 2.53 bits per heavy atom. The van der Waals surface area contributed by atoms with E-state index in [0.717, 1.165) is 30.4 Å². The maximum atomic E-state index is 12.3. The number of carboxylic acids is 1. The van der Waals surface area contributed by atoms with Crippen molar-refractivity contribution in [2.24, 2.45) is 11.3 Å². The molecule has 3 rings (SSSR count). The van der Waals surface area contributed by atoms with Gasteiger partial charge in [-0.2, -0.15) is 11.3 Å². The molecule has 1 saturated heterocycles. The number of hydrogen-bond donors (Lipinski definition) is 1. The van der Waals surface area contributed by atoms with Crippen LogP contribution in [0, 0.1) is 18.3 Å². The summed E-state index contributed by atoms with van der Waals surface area (Å²) in [7, 11) is 0. The van der Waals surface area contributed by atoms with E-state index in [4.69, 9.17) is 5.11 Å². The number of piperidine rings is 1. The Bertz CT molecular complexity index is 529. The summed E-state index contributed by atoms with van der Waals surface area (Å²) >= 11 is 1.55. The molecular weight excluding hydrogens is 262 g/mol. The van der Waals surface area contributed by atoms with E-state index >= 15 is 0 Å². The Morgan fingerprint density at radius 1 is 1.37 bits per heavy atom. The molecule has 1 spiro atoms. The fourth-order valence-corrected chi connectivity index (χ4v) is 3.98. The lowest BCUT2D eigenvalue weighted by Crippen LogP contribution is -2.40. The van der Waals surface area contributed by atoms with Crippen molar-refractivity contribution < 1.29 is 14.7 Å². The summed E-state index contributed by atoms with van der Waals surface area (Å²) < 4.78 is 0. The molecule has 0 radical (unpaired) electrons. The van der Waals surface area contributed by atoms with Gasteiger partial charge in [0.15, 0.2) is 0 Å². The first-order valence-electron chi connectivity index (χ1n) is 6.58. The van der Waals surface area contributed by atoms with Gasteiger partial charge < -0.3 is 10.0 Å². The van der Waals surface area contributed by atoms with Crippen LogP contribution < -0.4 is 0 Å². The molecule has 19 heavy (non-hydrogen) atoms. The van der Waals surface area contributed by atoms with Crippen molar-refractivity contribution >= 4 is 23.2 Å². The van der Waals surface area contributed by atoms with E-state index in [-0.39, 0.29) is 17.2 Å². The van der Waals surface area contributed by atoms with Crippen LogP contribution in [0.5, 0.6) is 0 Å². The average molecular weight is 279 g/mol. The molecule has 0 aromatic carbocycles. The first-order valence-corrected chi connectivity index (χ1v) is 7.53. The number of carboxylic acid groups (broad SMARTS) is 1. The van der Waals surface area contributed by atoms with Crippen LogP contribution in [-0.4, -0.2) is 35.0 Å². The number of hydrogen-bond acceptors (Lipinski definition) is 3. The summed E-state index contributed by atoms with van der Waals surface area (Å²) in [5.41, 5.74) is 1.82. The van der Waals surface area contributed by atoms with Crippen LogP contribution in [0.4, 0.5) is 0 Å². The molecule has 102 valence electrons. The summed E-state index contributed by atoms with van der Waals surface area (Å²) in [6.45, 7) is 3.34. The van der Waals surface area contributed by atoms with Gasteiger partial charge in [-0.25, -0.2) is 0 Å². The van der Waals surface area contributed by atoms with Crippen molar-refractivity contribution in [1.29, 1.82) is 0 Å². The number of thiophene rings is 1. The predicted octanol–water partition coefficient (Wildman–Crippen LogP) is 2.38. The Morgan fingerprint density at radius 2 is 2.05 bits per heavy atom. The van der Waals surface area contributed by atoms with Gasteiger partial charge in [0.05, 0.1) is 11.5 Å². The molecule has 0 unspecified atom stereocenters. The van der Waals surface area contributed by atoms with Crippen molar-refractivity contribution in [1.82, 2.24) is 4.90 Å². The molecule has 1 aliphatic carbocycles. The zero-order chi connectivity index (χ0) is 13.6. The first-order chi connectivity index (χ1) is 9.03. The normalized spacial score (nSPS) is 24.5. The highest BCUT2D eigenvalue weighted by molar-refractivity contribution is 7.08. The number of aryl methyl sites for hydroxylation is 1. The SMILES string of the molecule is Cc1cscc1C(=O)N1CCC2(CC1)C[C@@H]2C(=O)O. The molecule has 1 aromatic rings. The van der Waals surface area contributed by atoms with Gasteiger partial charge in [0.2, 0.25) is 0 Å². The van der Waals surface area contributed by atoms with E-state index in [1.807, 2.05) is 22.6 Å². The molecule has 2 aliphatic rings. The van der Waals surface area contributed by atoms with E-state index < -0.39 is 5.97 Å². The molecule has 5 heteroatoms. The summed E-state index contributed by atoms with van der Waals surface area (Å²) in [6.07, 6.45) is 2.46. The van der Waals surface area contributed by atoms with Crippen LogP contribution in [-0.2, 0) is 4.79 Å². The van der Waals surface area contributed by atoms with Gasteiger partial charge in [0, 0.05) is 18.5 Å². The van der Waals surface area contributed by atoms with Crippen LogP contribution in [0.3, 0.4) is 0 Å².